The monoisotopic (exact) mass is 676 g/mol. The van der Waals surface area contributed by atoms with E-state index in [1.54, 1.807) is 0 Å². The summed E-state index contributed by atoms with van der Waals surface area (Å²) in [6.07, 6.45) is 9.74. The fourth-order valence-corrected chi connectivity index (χ4v) is 8.33. The molecule has 1 aliphatic carbocycles. The van der Waals surface area contributed by atoms with Crippen LogP contribution in [0.5, 0.6) is 0 Å². The van der Waals surface area contributed by atoms with Gasteiger partial charge in [0.15, 0.2) is 0 Å². The van der Waals surface area contributed by atoms with Crippen molar-refractivity contribution in [2.45, 2.75) is 12.3 Å². The summed E-state index contributed by atoms with van der Waals surface area (Å²) in [5.41, 5.74) is 10.6. The fourth-order valence-electron chi connectivity index (χ4n) is 8.33. The molecule has 0 N–H and O–H groups in total. The standard InChI is InChI=1S/C51H36N2/c1-4-18-37(19-5-1)49-50(38-20-6-2-7-21-38)53(51(52-49)39-22-8-3-9-23-39)40-33-31-36(32-34-40)47-43-26-12-14-28-45(43)48(46-29-15-13-27-44(46)47)42-30-16-24-35-17-10-11-25-41(35)42/h1-18,20-34,37H,19H2. The van der Waals surface area contributed by atoms with Gasteiger partial charge in [-0.05, 0) is 73.1 Å². The third-order valence-electron chi connectivity index (χ3n) is 10.7. The Morgan fingerprint density at radius 1 is 0.453 bits per heavy atom. The Kier molecular flexibility index (Phi) is 7.66. The van der Waals surface area contributed by atoms with Crippen LogP contribution in [-0.4, -0.2) is 9.55 Å². The van der Waals surface area contributed by atoms with E-state index in [0.29, 0.717) is 0 Å². The molecule has 1 aromatic heterocycles. The van der Waals surface area contributed by atoms with Gasteiger partial charge in [-0.25, -0.2) is 4.98 Å². The molecule has 2 nitrogen and oxygen atoms in total. The molecule has 1 atom stereocenters. The lowest BCUT2D eigenvalue weighted by Gasteiger charge is -2.19. The second kappa shape index (κ2) is 13.1. The first-order valence-electron chi connectivity index (χ1n) is 18.4. The molecule has 1 unspecified atom stereocenters. The molecule has 1 aliphatic rings. The molecule has 0 fully saturated rings. The predicted octanol–water partition coefficient (Wildman–Crippen LogP) is 13.6. The Labute approximate surface area is 309 Å². The van der Waals surface area contributed by atoms with Crippen molar-refractivity contribution in [1.82, 2.24) is 9.55 Å². The third-order valence-corrected chi connectivity index (χ3v) is 10.7. The lowest BCUT2D eigenvalue weighted by atomic mass is 9.85. The van der Waals surface area contributed by atoms with Crippen molar-refractivity contribution in [1.29, 1.82) is 0 Å². The maximum absolute atomic E-state index is 5.46. The molecule has 9 aromatic rings. The molecule has 0 saturated heterocycles. The Morgan fingerprint density at radius 2 is 1.02 bits per heavy atom. The van der Waals surface area contributed by atoms with Crippen molar-refractivity contribution >= 4 is 32.3 Å². The fraction of sp³-hybridized carbons (Fsp3) is 0.0392. The van der Waals surface area contributed by atoms with Crippen LogP contribution >= 0.6 is 0 Å². The molecule has 10 rings (SSSR count). The predicted molar refractivity (Wildman–Crippen MR) is 223 cm³/mol. The Bertz CT molecular complexity index is 2780. The van der Waals surface area contributed by atoms with E-state index < -0.39 is 0 Å². The zero-order valence-corrected chi connectivity index (χ0v) is 29.2. The van der Waals surface area contributed by atoms with Crippen molar-refractivity contribution in [3.05, 3.63) is 206 Å². The normalized spacial score (nSPS) is 14.0. The maximum atomic E-state index is 5.46. The van der Waals surface area contributed by atoms with Crippen LogP contribution < -0.4 is 0 Å². The van der Waals surface area contributed by atoms with Gasteiger partial charge in [0.2, 0.25) is 0 Å². The van der Waals surface area contributed by atoms with E-state index in [2.05, 4.69) is 205 Å². The van der Waals surface area contributed by atoms with Gasteiger partial charge < -0.3 is 0 Å². The largest absolute Gasteiger partial charge is 0.292 e. The van der Waals surface area contributed by atoms with Gasteiger partial charge in [0.25, 0.3) is 0 Å². The van der Waals surface area contributed by atoms with Gasteiger partial charge in [0, 0.05) is 22.7 Å². The number of nitrogens with zero attached hydrogens (tertiary/aromatic N) is 2. The number of imidazole rings is 1. The highest BCUT2D eigenvalue weighted by molar-refractivity contribution is 6.23. The average molecular weight is 677 g/mol. The first-order chi connectivity index (χ1) is 26.3. The van der Waals surface area contributed by atoms with Crippen molar-refractivity contribution in [3.63, 3.8) is 0 Å². The number of benzene rings is 8. The van der Waals surface area contributed by atoms with Crippen LogP contribution in [0.2, 0.25) is 0 Å². The summed E-state index contributed by atoms with van der Waals surface area (Å²) in [6.45, 7) is 0. The molecule has 250 valence electrons. The Morgan fingerprint density at radius 3 is 1.66 bits per heavy atom. The summed E-state index contributed by atoms with van der Waals surface area (Å²) in [5.74, 6) is 1.14. The van der Waals surface area contributed by atoms with Crippen molar-refractivity contribution in [2.24, 2.45) is 0 Å². The summed E-state index contributed by atoms with van der Waals surface area (Å²) in [7, 11) is 0. The lowest BCUT2D eigenvalue weighted by molar-refractivity contribution is 0.826. The van der Waals surface area contributed by atoms with Gasteiger partial charge >= 0.3 is 0 Å². The van der Waals surface area contributed by atoms with Gasteiger partial charge in [0.1, 0.15) is 5.82 Å². The third kappa shape index (κ3) is 5.30. The van der Waals surface area contributed by atoms with Crippen molar-refractivity contribution in [2.75, 3.05) is 0 Å². The maximum Gasteiger partial charge on any atom is 0.145 e. The zero-order valence-electron chi connectivity index (χ0n) is 29.2. The second-order valence-corrected chi connectivity index (χ2v) is 13.8. The molecule has 53 heavy (non-hydrogen) atoms. The molecule has 0 radical (unpaired) electrons. The van der Waals surface area contributed by atoms with E-state index in [0.717, 1.165) is 40.4 Å². The average Bonchev–Trinajstić information content (AvgIpc) is 3.65. The minimum absolute atomic E-state index is 0.191. The first-order valence-corrected chi connectivity index (χ1v) is 18.4. The molecule has 0 bridgehead atoms. The van der Waals surface area contributed by atoms with E-state index in [4.69, 9.17) is 4.98 Å². The van der Waals surface area contributed by atoms with Gasteiger partial charge in [0.05, 0.1) is 11.4 Å². The zero-order chi connectivity index (χ0) is 35.1. The highest BCUT2D eigenvalue weighted by Gasteiger charge is 2.26. The highest BCUT2D eigenvalue weighted by Crippen LogP contribution is 2.46. The van der Waals surface area contributed by atoms with Gasteiger partial charge in [-0.3, -0.25) is 4.57 Å². The Hall–Kier alpha value is -6.77. The summed E-state index contributed by atoms with van der Waals surface area (Å²) in [4.78, 5) is 5.46. The van der Waals surface area contributed by atoms with Crippen molar-refractivity contribution < 1.29 is 0 Å². The molecule has 0 saturated carbocycles. The van der Waals surface area contributed by atoms with Crippen LogP contribution in [0.15, 0.2) is 200 Å². The number of allylic oxidation sites excluding steroid dienone is 4. The molecule has 0 aliphatic heterocycles. The molecule has 0 spiro atoms. The quantitative estimate of drug-likeness (QED) is 0.160. The van der Waals surface area contributed by atoms with E-state index in [9.17, 15) is 0 Å². The number of aromatic nitrogens is 2. The molecule has 8 aromatic carbocycles. The van der Waals surface area contributed by atoms with Gasteiger partial charge in [-0.1, -0.05) is 188 Å². The van der Waals surface area contributed by atoms with Crippen LogP contribution in [0.25, 0.3) is 82.9 Å². The van der Waals surface area contributed by atoms with Crippen molar-refractivity contribution in [3.8, 4) is 50.6 Å². The lowest BCUT2D eigenvalue weighted by Crippen LogP contribution is -2.03. The topological polar surface area (TPSA) is 17.8 Å². The number of hydrogen-bond donors (Lipinski definition) is 0. The minimum Gasteiger partial charge on any atom is -0.292 e. The van der Waals surface area contributed by atoms with Crippen LogP contribution in [0.4, 0.5) is 0 Å². The summed E-state index contributed by atoms with van der Waals surface area (Å²) >= 11 is 0. The molecular formula is C51H36N2. The SMILES string of the molecule is C1=CCC(c2nc(-c3ccccc3)n(-c3ccc(-c4c5ccccc5c(-c5cccc6ccccc56)c5ccccc45)cc3)c2-c2ccccc2)C=C1. The molecule has 2 heteroatoms. The van der Waals surface area contributed by atoms with Gasteiger partial charge in [-0.15, -0.1) is 0 Å². The van der Waals surface area contributed by atoms with E-state index in [1.807, 2.05) is 0 Å². The Balaban J connectivity index is 1.20. The number of hydrogen-bond acceptors (Lipinski definition) is 1. The first kappa shape index (κ1) is 31.0. The minimum atomic E-state index is 0.191. The number of rotatable bonds is 6. The highest BCUT2D eigenvalue weighted by atomic mass is 15.1. The van der Waals surface area contributed by atoms with Crippen LogP contribution in [-0.2, 0) is 0 Å². The second-order valence-electron chi connectivity index (χ2n) is 13.8. The molecule has 0 amide bonds. The summed E-state index contributed by atoms with van der Waals surface area (Å²) in [6, 6.07) is 63.7. The van der Waals surface area contributed by atoms with Crippen LogP contribution in [0.3, 0.4) is 0 Å². The molecule has 1 heterocycles. The van der Waals surface area contributed by atoms with Gasteiger partial charge in [-0.2, -0.15) is 0 Å². The van der Waals surface area contributed by atoms with Crippen LogP contribution in [0, 0.1) is 0 Å². The molecular weight excluding hydrogens is 641 g/mol. The smallest absolute Gasteiger partial charge is 0.145 e. The van der Waals surface area contributed by atoms with E-state index in [-0.39, 0.29) is 5.92 Å². The summed E-state index contributed by atoms with van der Waals surface area (Å²) < 4.78 is 2.37. The van der Waals surface area contributed by atoms with Crippen LogP contribution in [0.1, 0.15) is 18.0 Å². The number of fused-ring (bicyclic) bond motifs is 3. The summed E-state index contributed by atoms with van der Waals surface area (Å²) in [5, 5.41) is 7.53. The van der Waals surface area contributed by atoms with E-state index >= 15 is 0 Å². The van der Waals surface area contributed by atoms with E-state index in [1.165, 1.54) is 54.6 Å².